The van der Waals surface area contributed by atoms with Gasteiger partial charge in [-0.05, 0) is 22.6 Å². The van der Waals surface area contributed by atoms with Gasteiger partial charge < -0.3 is 0 Å². The van der Waals surface area contributed by atoms with Gasteiger partial charge in [-0.15, -0.1) is 0 Å². The van der Waals surface area contributed by atoms with Crippen LogP contribution in [0.2, 0.25) is 0 Å². The number of hydrogen-bond acceptors (Lipinski definition) is 0. The van der Waals surface area contributed by atoms with Gasteiger partial charge in [0.2, 0.25) is 0 Å². The van der Waals surface area contributed by atoms with E-state index in [9.17, 15) is 0 Å². The van der Waals surface area contributed by atoms with Crippen LogP contribution in [0.4, 0.5) is 0 Å². The van der Waals surface area contributed by atoms with E-state index in [1.165, 1.54) is 3.57 Å². The molecule has 0 amide bonds. The monoisotopic (exact) mass is 206 g/mol. The van der Waals surface area contributed by atoms with Crippen molar-refractivity contribution in [3.8, 4) is 0 Å². The van der Waals surface area contributed by atoms with Gasteiger partial charge >= 0.3 is 0 Å². The Labute approximate surface area is 55.9 Å². The second-order valence-corrected chi connectivity index (χ2v) is 2.46. The molecule has 0 aliphatic rings. The Bertz CT molecular complexity index is 138. The highest BCUT2D eigenvalue weighted by molar-refractivity contribution is 14.1. The lowest BCUT2D eigenvalue weighted by Gasteiger charge is -1.75. The fourth-order valence-corrected chi connectivity index (χ4v) is 0.726. The van der Waals surface area contributed by atoms with Crippen LogP contribution < -0.4 is 4.98 Å². The maximum Gasteiger partial charge on any atom is 0.168 e. The van der Waals surface area contributed by atoms with Crippen molar-refractivity contribution in [3.63, 3.8) is 0 Å². The average Bonchev–Trinajstić information content (AvgIpc) is 1.69. The minimum absolute atomic E-state index is 1.26. The molecule has 0 aliphatic heterocycles. The summed E-state index contributed by atoms with van der Waals surface area (Å²) in [5.74, 6) is 0. The molecule has 1 N–H and O–H groups in total. The molecule has 2 heteroatoms. The molecule has 1 aromatic heterocycles. The first-order valence-corrected chi connectivity index (χ1v) is 3.09. The van der Waals surface area contributed by atoms with Crippen LogP contribution in [-0.2, 0) is 0 Å². The second-order valence-electron chi connectivity index (χ2n) is 1.22. The van der Waals surface area contributed by atoms with Crippen LogP contribution in [0.15, 0.2) is 24.5 Å². The first-order valence-electron chi connectivity index (χ1n) is 2.01. The van der Waals surface area contributed by atoms with Crippen LogP contribution in [0.25, 0.3) is 0 Å². The van der Waals surface area contributed by atoms with Gasteiger partial charge in [-0.3, -0.25) is 0 Å². The Morgan fingerprint density at radius 1 is 1.29 bits per heavy atom. The molecule has 1 aromatic rings. The van der Waals surface area contributed by atoms with Crippen LogP contribution in [0.5, 0.6) is 0 Å². The number of halogens is 1. The van der Waals surface area contributed by atoms with Crippen LogP contribution in [-0.4, -0.2) is 0 Å². The number of rotatable bonds is 0. The fourth-order valence-electron chi connectivity index (χ4n) is 0.367. The van der Waals surface area contributed by atoms with Gasteiger partial charge in [0.1, 0.15) is 0 Å². The van der Waals surface area contributed by atoms with Crippen molar-refractivity contribution in [2.75, 3.05) is 0 Å². The molecule has 0 fully saturated rings. The molecular formula is C5H5IN+. The molecule has 0 radical (unpaired) electrons. The highest BCUT2D eigenvalue weighted by Crippen LogP contribution is 1.96. The topological polar surface area (TPSA) is 14.1 Å². The lowest BCUT2D eigenvalue weighted by molar-refractivity contribution is -0.378. The number of hydrogen-bond donors (Lipinski definition) is 0. The number of pyridine rings is 1. The summed E-state index contributed by atoms with van der Waals surface area (Å²) < 4.78 is 1.26. The lowest BCUT2D eigenvalue weighted by atomic mass is 10.5. The molecule has 0 saturated carbocycles. The van der Waals surface area contributed by atoms with Crippen molar-refractivity contribution in [1.82, 2.24) is 0 Å². The largest absolute Gasteiger partial charge is 0.218 e. The highest BCUT2D eigenvalue weighted by Gasteiger charge is 1.80. The summed E-state index contributed by atoms with van der Waals surface area (Å²) in [7, 11) is 0. The summed E-state index contributed by atoms with van der Waals surface area (Å²) in [5, 5.41) is 0. The van der Waals surface area contributed by atoms with Gasteiger partial charge in [0, 0.05) is 15.7 Å². The van der Waals surface area contributed by atoms with Gasteiger partial charge in [-0.1, -0.05) is 0 Å². The SMILES string of the molecule is Ic1cc[nH+]cc1. The van der Waals surface area contributed by atoms with E-state index in [-0.39, 0.29) is 0 Å². The molecule has 1 rings (SSSR count). The summed E-state index contributed by atoms with van der Waals surface area (Å²) in [6, 6.07) is 4.03. The molecular weight excluding hydrogens is 201 g/mol. The highest BCUT2D eigenvalue weighted by atomic mass is 127. The molecule has 0 unspecified atom stereocenters. The van der Waals surface area contributed by atoms with Crippen molar-refractivity contribution >= 4 is 22.6 Å². The maximum atomic E-state index is 2.93. The average molecular weight is 206 g/mol. The zero-order chi connectivity index (χ0) is 5.11. The normalized spacial score (nSPS) is 8.71. The predicted molar refractivity (Wildman–Crippen MR) is 35.7 cm³/mol. The standard InChI is InChI=1S/C5H4IN/c6-5-1-3-7-4-2-5/h1-4H/p+1. The molecule has 0 aromatic carbocycles. The van der Waals surface area contributed by atoms with E-state index in [1.807, 2.05) is 24.5 Å². The quantitative estimate of drug-likeness (QED) is 0.564. The van der Waals surface area contributed by atoms with Crippen molar-refractivity contribution in [3.05, 3.63) is 28.1 Å². The van der Waals surface area contributed by atoms with Crippen molar-refractivity contribution in [1.29, 1.82) is 0 Å². The van der Waals surface area contributed by atoms with Gasteiger partial charge in [-0.2, -0.15) is 0 Å². The van der Waals surface area contributed by atoms with E-state index >= 15 is 0 Å². The van der Waals surface area contributed by atoms with Gasteiger partial charge in [0.05, 0.1) is 0 Å². The third-order valence-electron chi connectivity index (χ3n) is 0.678. The zero-order valence-corrected chi connectivity index (χ0v) is 5.84. The summed E-state index contributed by atoms with van der Waals surface area (Å²) in [6.07, 6.45) is 3.81. The van der Waals surface area contributed by atoms with Gasteiger partial charge in [0.15, 0.2) is 12.4 Å². The number of nitrogens with one attached hydrogen (secondary N) is 1. The maximum absolute atomic E-state index is 2.93. The van der Waals surface area contributed by atoms with Crippen LogP contribution in [0.3, 0.4) is 0 Å². The van der Waals surface area contributed by atoms with E-state index in [1.54, 1.807) is 0 Å². The summed E-state index contributed by atoms with van der Waals surface area (Å²) in [5.41, 5.74) is 0. The Kier molecular flexibility index (Phi) is 1.62. The minimum Gasteiger partial charge on any atom is -0.218 e. The Morgan fingerprint density at radius 2 is 1.86 bits per heavy atom. The number of aromatic amines is 1. The fraction of sp³-hybridized carbons (Fsp3) is 0. The van der Waals surface area contributed by atoms with E-state index in [0.717, 1.165) is 0 Å². The molecule has 1 heterocycles. The van der Waals surface area contributed by atoms with Gasteiger partial charge in [0.25, 0.3) is 0 Å². The number of aromatic nitrogens is 1. The molecule has 7 heavy (non-hydrogen) atoms. The molecule has 0 saturated heterocycles. The zero-order valence-electron chi connectivity index (χ0n) is 3.69. The summed E-state index contributed by atoms with van der Waals surface area (Å²) >= 11 is 2.26. The number of H-pyrrole nitrogens is 1. The molecule has 0 atom stereocenters. The first kappa shape index (κ1) is 5.03. The molecule has 0 spiro atoms. The Hall–Kier alpha value is -0.120. The minimum atomic E-state index is 1.26. The van der Waals surface area contributed by atoms with Crippen LogP contribution in [0.1, 0.15) is 0 Å². The van der Waals surface area contributed by atoms with Crippen molar-refractivity contribution in [2.24, 2.45) is 0 Å². The molecule has 0 bridgehead atoms. The third kappa shape index (κ3) is 1.43. The van der Waals surface area contributed by atoms with Crippen LogP contribution >= 0.6 is 22.6 Å². The molecule has 0 aliphatic carbocycles. The van der Waals surface area contributed by atoms with E-state index in [2.05, 4.69) is 27.6 Å². The smallest absolute Gasteiger partial charge is 0.168 e. The molecule has 1 nitrogen and oxygen atoms in total. The Balaban J connectivity index is 3.02. The van der Waals surface area contributed by atoms with E-state index < -0.39 is 0 Å². The molecule has 36 valence electrons. The summed E-state index contributed by atoms with van der Waals surface area (Å²) in [6.45, 7) is 0. The van der Waals surface area contributed by atoms with E-state index in [0.29, 0.717) is 0 Å². The van der Waals surface area contributed by atoms with Crippen molar-refractivity contribution in [2.45, 2.75) is 0 Å². The predicted octanol–water partition coefficient (Wildman–Crippen LogP) is 1.11. The van der Waals surface area contributed by atoms with E-state index in [4.69, 9.17) is 0 Å². The van der Waals surface area contributed by atoms with Gasteiger partial charge in [-0.25, -0.2) is 4.98 Å². The first-order chi connectivity index (χ1) is 3.39. The second kappa shape index (κ2) is 2.26. The van der Waals surface area contributed by atoms with Crippen molar-refractivity contribution < 1.29 is 4.98 Å². The summed E-state index contributed by atoms with van der Waals surface area (Å²) in [4.78, 5) is 2.93. The third-order valence-corrected chi connectivity index (χ3v) is 1.40. The lowest BCUT2D eigenvalue weighted by Crippen LogP contribution is -1.95. The van der Waals surface area contributed by atoms with Crippen LogP contribution in [0, 0.1) is 3.57 Å². The Morgan fingerprint density at radius 3 is 2.14 bits per heavy atom.